The van der Waals surface area contributed by atoms with Crippen LogP contribution in [0.4, 0.5) is 5.69 Å². The van der Waals surface area contributed by atoms with Crippen molar-refractivity contribution in [3.8, 4) is 5.75 Å². The highest BCUT2D eigenvalue weighted by atomic mass is 16.5. The third kappa shape index (κ3) is 3.91. The van der Waals surface area contributed by atoms with Gasteiger partial charge in [-0.15, -0.1) is 0 Å². The van der Waals surface area contributed by atoms with Gasteiger partial charge >= 0.3 is 0 Å². The van der Waals surface area contributed by atoms with Crippen molar-refractivity contribution in [3.63, 3.8) is 0 Å². The molecule has 3 aromatic carbocycles. The smallest absolute Gasteiger partial charge is 0.272 e. The highest BCUT2D eigenvalue weighted by Crippen LogP contribution is 2.23. The lowest BCUT2D eigenvalue weighted by Crippen LogP contribution is -2.13. The number of nitrogens with one attached hydrogen (secondary N) is 2. The average molecular weight is 370 g/mol. The van der Waals surface area contributed by atoms with E-state index in [1.807, 2.05) is 86.6 Å². The van der Waals surface area contributed by atoms with Crippen LogP contribution < -0.4 is 10.1 Å². The molecule has 4 rings (SSSR count). The molecule has 0 spiro atoms. The zero-order valence-corrected chi connectivity index (χ0v) is 16.0. The highest BCUT2D eigenvalue weighted by Gasteiger charge is 2.12. The quantitative estimate of drug-likeness (QED) is 0.479. The Bertz CT molecular complexity index is 1130. The first-order valence-corrected chi connectivity index (χ1v) is 9.26. The Kier molecular flexibility index (Phi) is 4.85. The Balaban J connectivity index is 1.51. The topological polar surface area (TPSA) is 54.1 Å². The molecule has 0 saturated heterocycles. The van der Waals surface area contributed by atoms with E-state index < -0.39 is 0 Å². The number of aromatic nitrogens is 1. The van der Waals surface area contributed by atoms with Crippen molar-refractivity contribution in [1.29, 1.82) is 0 Å². The van der Waals surface area contributed by atoms with Crippen LogP contribution in [0.5, 0.6) is 5.75 Å². The second kappa shape index (κ2) is 7.61. The lowest BCUT2D eigenvalue weighted by atomic mass is 10.1. The maximum Gasteiger partial charge on any atom is 0.272 e. The molecule has 140 valence electrons. The second-order valence-corrected chi connectivity index (χ2v) is 6.98. The molecular formula is C24H22N2O2. The molecule has 0 aliphatic heterocycles. The lowest BCUT2D eigenvalue weighted by molar-refractivity contribution is 0.102. The van der Waals surface area contributed by atoms with Gasteiger partial charge in [-0.3, -0.25) is 4.79 Å². The SMILES string of the molecule is Cc1ccc(C)c(NC(=O)c2cc3ccc(OCc4ccccc4)cc3[nH]2)c1. The maximum absolute atomic E-state index is 12.7. The third-order valence-corrected chi connectivity index (χ3v) is 4.73. The number of ether oxygens (including phenoxy) is 1. The summed E-state index contributed by atoms with van der Waals surface area (Å²) < 4.78 is 5.87. The Morgan fingerprint density at radius 1 is 0.964 bits per heavy atom. The molecule has 0 atom stereocenters. The molecule has 1 amide bonds. The van der Waals surface area contributed by atoms with Crippen molar-refractivity contribution in [2.45, 2.75) is 20.5 Å². The molecule has 1 heterocycles. The van der Waals surface area contributed by atoms with Gasteiger partial charge in [0.05, 0.1) is 0 Å². The first-order chi connectivity index (χ1) is 13.6. The molecule has 28 heavy (non-hydrogen) atoms. The summed E-state index contributed by atoms with van der Waals surface area (Å²) in [6.07, 6.45) is 0. The molecule has 0 fully saturated rings. The van der Waals surface area contributed by atoms with E-state index in [2.05, 4.69) is 10.3 Å². The summed E-state index contributed by atoms with van der Waals surface area (Å²) >= 11 is 0. The van der Waals surface area contributed by atoms with Gasteiger partial charge in [-0.25, -0.2) is 0 Å². The molecule has 0 radical (unpaired) electrons. The number of hydrogen-bond donors (Lipinski definition) is 2. The first-order valence-electron chi connectivity index (χ1n) is 9.26. The van der Waals surface area contributed by atoms with Crippen LogP contribution in [0.25, 0.3) is 10.9 Å². The van der Waals surface area contributed by atoms with Crippen LogP contribution in [0.3, 0.4) is 0 Å². The predicted molar refractivity (Wildman–Crippen MR) is 113 cm³/mol. The van der Waals surface area contributed by atoms with Crippen molar-refractivity contribution in [3.05, 3.63) is 95.2 Å². The maximum atomic E-state index is 12.7. The van der Waals surface area contributed by atoms with Gasteiger partial charge < -0.3 is 15.0 Å². The minimum absolute atomic E-state index is 0.156. The van der Waals surface area contributed by atoms with E-state index in [9.17, 15) is 4.79 Å². The van der Waals surface area contributed by atoms with E-state index in [0.29, 0.717) is 12.3 Å². The molecule has 0 saturated carbocycles. The van der Waals surface area contributed by atoms with Gasteiger partial charge in [0, 0.05) is 22.7 Å². The number of carbonyl (C=O) groups is 1. The molecule has 4 heteroatoms. The van der Waals surface area contributed by atoms with Crippen LogP contribution in [-0.2, 0) is 6.61 Å². The number of fused-ring (bicyclic) bond motifs is 1. The summed E-state index contributed by atoms with van der Waals surface area (Å²) in [4.78, 5) is 15.9. The summed E-state index contributed by atoms with van der Waals surface area (Å²) in [5, 5.41) is 3.96. The van der Waals surface area contributed by atoms with Crippen LogP contribution in [0.2, 0.25) is 0 Å². The van der Waals surface area contributed by atoms with Crippen LogP contribution in [-0.4, -0.2) is 10.9 Å². The Hall–Kier alpha value is -3.53. The molecule has 4 nitrogen and oxygen atoms in total. The number of rotatable bonds is 5. The van der Waals surface area contributed by atoms with Gasteiger partial charge in [0.2, 0.25) is 0 Å². The minimum Gasteiger partial charge on any atom is -0.489 e. The summed E-state index contributed by atoms with van der Waals surface area (Å²) in [7, 11) is 0. The number of anilines is 1. The standard InChI is InChI=1S/C24H22N2O2/c1-16-8-9-17(2)21(12-16)26-24(27)23-13-19-10-11-20(14-22(19)25-23)28-15-18-6-4-3-5-7-18/h3-14,25H,15H2,1-2H3,(H,26,27). The molecule has 1 aromatic heterocycles. The Morgan fingerprint density at radius 3 is 2.61 bits per heavy atom. The van der Waals surface area contributed by atoms with E-state index in [1.54, 1.807) is 0 Å². The second-order valence-electron chi connectivity index (χ2n) is 6.98. The number of aromatic amines is 1. The van der Waals surface area contributed by atoms with Crippen molar-refractivity contribution >= 4 is 22.5 Å². The van der Waals surface area contributed by atoms with E-state index in [4.69, 9.17) is 4.74 Å². The minimum atomic E-state index is -0.156. The fourth-order valence-corrected chi connectivity index (χ4v) is 3.12. The highest BCUT2D eigenvalue weighted by molar-refractivity contribution is 6.06. The van der Waals surface area contributed by atoms with Gasteiger partial charge in [-0.1, -0.05) is 42.5 Å². The molecule has 4 aromatic rings. The summed E-state index contributed by atoms with van der Waals surface area (Å²) in [5.74, 6) is 0.608. The number of hydrogen-bond acceptors (Lipinski definition) is 2. The lowest BCUT2D eigenvalue weighted by Gasteiger charge is -2.08. The van der Waals surface area contributed by atoms with Crippen LogP contribution in [0.15, 0.2) is 72.8 Å². The van der Waals surface area contributed by atoms with E-state index in [1.165, 1.54) is 0 Å². The van der Waals surface area contributed by atoms with E-state index in [-0.39, 0.29) is 5.91 Å². The van der Waals surface area contributed by atoms with Crippen molar-refractivity contribution < 1.29 is 9.53 Å². The van der Waals surface area contributed by atoms with Crippen LogP contribution >= 0.6 is 0 Å². The Morgan fingerprint density at radius 2 is 1.79 bits per heavy atom. The van der Waals surface area contributed by atoms with E-state index >= 15 is 0 Å². The van der Waals surface area contributed by atoms with Gasteiger partial charge in [-0.05, 0) is 54.8 Å². The number of H-pyrrole nitrogens is 1. The summed E-state index contributed by atoms with van der Waals surface area (Å²) in [6.45, 7) is 4.50. The molecular weight excluding hydrogens is 348 g/mol. The van der Waals surface area contributed by atoms with Gasteiger partial charge in [0.25, 0.3) is 5.91 Å². The predicted octanol–water partition coefficient (Wildman–Crippen LogP) is 5.62. The van der Waals surface area contributed by atoms with Gasteiger partial charge in [-0.2, -0.15) is 0 Å². The van der Waals surface area contributed by atoms with Crippen molar-refractivity contribution in [2.75, 3.05) is 5.32 Å². The molecule has 0 aliphatic rings. The number of carbonyl (C=O) groups excluding carboxylic acids is 1. The largest absolute Gasteiger partial charge is 0.489 e. The monoisotopic (exact) mass is 370 g/mol. The number of benzene rings is 3. The zero-order valence-electron chi connectivity index (χ0n) is 16.0. The number of aryl methyl sites for hydroxylation is 2. The van der Waals surface area contributed by atoms with E-state index in [0.717, 1.165) is 39.0 Å². The fourth-order valence-electron chi connectivity index (χ4n) is 3.12. The normalized spacial score (nSPS) is 10.8. The first kappa shape index (κ1) is 17.9. The third-order valence-electron chi connectivity index (χ3n) is 4.73. The van der Waals surface area contributed by atoms with Crippen LogP contribution in [0, 0.1) is 13.8 Å². The van der Waals surface area contributed by atoms with Crippen LogP contribution in [0.1, 0.15) is 27.2 Å². The number of amides is 1. The molecule has 0 bridgehead atoms. The van der Waals surface area contributed by atoms with Gasteiger partial charge in [0.15, 0.2) is 0 Å². The van der Waals surface area contributed by atoms with Crippen molar-refractivity contribution in [2.24, 2.45) is 0 Å². The zero-order chi connectivity index (χ0) is 19.5. The van der Waals surface area contributed by atoms with Crippen molar-refractivity contribution in [1.82, 2.24) is 4.98 Å². The molecule has 0 unspecified atom stereocenters. The summed E-state index contributed by atoms with van der Waals surface area (Å²) in [5.41, 5.74) is 5.48. The summed E-state index contributed by atoms with van der Waals surface area (Å²) in [6, 6.07) is 23.7. The molecule has 0 aliphatic carbocycles. The average Bonchev–Trinajstić information content (AvgIpc) is 3.13. The molecule has 2 N–H and O–H groups in total. The fraction of sp³-hybridized carbons (Fsp3) is 0.125. The Labute approximate surface area is 164 Å². The van der Waals surface area contributed by atoms with Gasteiger partial charge in [0.1, 0.15) is 18.1 Å².